The van der Waals surface area contributed by atoms with Gasteiger partial charge in [0.2, 0.25) is 5.91 Å². The van der Waals surface area contributed by atoms with Gasteiger partial charge in [-0.05, 0) is 87.5 Å². The summed E-state index contributed by atoms with van der Waals surface area (Å²) in [4.78, 5) is 13.5. The summed E-state index contributed by atoms with van der Waals surface area (Å²) >= 11 is 2.25. The van der Waals surface area contributed by atoms with Crippen LogP contribution >= 0.6 is 22.6 Å². The van der Waals surface area contributed by atoms with Crippen LogP contribution in [0.2, 0.25) is 0 Å². The summed E-state index contributed by atoms with van der Waals surface area (Å²) in [5, 5.41) is 17.3. The summed E-state index contributed by atoms with van der Waals surface area (Å²) < 4.78 is 29.0. The molecule has 0 aliphatic heterocycles. The van der Waals surface area contributed by atoms with E-state index in [1.165, 1.54) is 12.1 Å². The number of hydrogen-bond donors (Lipinski definition) is 3. The van der Waals surface area contributed by atoms with Crippen molar-refractivity contribution in [3.63, 3.8) is 0 Å². The molecule has 4 aromatic rings. The summed E-state index contributed by atoms with van der Waals surface area (Å²) in [6, 6.07) is 28.4. The zero-order chi connectivity index (χ0) is 28.5. The maximum Gasteiger partial charge on any atom is 0.227 e. The predicted octanol–water partition coefficient (Wildman–Crippen LogP) is 6.61. The molecule has 4 nitrogen and oxygen atoms in total. The van der Waals surface area contributed by atoms with Crippen molar-refractivity contribution in [3.8, 4) is 11.1 Å². The predicted molar refractivity (Wildman–Crippen MR) is 164 cm³/mol. The molecular weight excluding hydrogens is 621 g/mol. The first-order chi connectivity index (χ1) is 19.3. The lowest BCUT2D eigenvalue weighted by Gasteiger charge is -2.27. The van der Waals surface area contributed by atoms with E-state index < -0.39 is 29.7 Å². The highest BCUT2D eigenvalue weighted by molar-refractivity contribution is 14.1. The Labute approximate surface area is 248 Å². The highest BCUT2D eigenvalue weighted by Gasteiger charge is 2.26. The van der Waals surface area contributed by atoms with Gasteiger partial charge in [-0.2, -0.15) is 0 Å². The van der Waals surface area contributed by atoms with Gasteiger partial charge in [-0.3, -0.25) is 4.79 Å². The van der Waals surface area contributed by atoms with Gasteiger partial charge in [-0.15, -0.1) is 0 Å². The van der Waals surface area contributed by atoms with Crippen molar-refractivity contribution in [2.45, 2.75) is 44.4 Å². The number of carbonyl (C=O) groups excluding carboxylic acids is 1. The third kappa shape index (κ3) is 8.43. The van der Waals surface area contributed by atoms with Crippen LogP contribution in [-0.2, 0) is 17.8 Å². The molecule has 0 saturated carbocycles. The Hall–Kier alpha value is -3.14. The second-order valence-corrected chi connectivity index (χ2v) is 11.1. The quantitative estimate of drug-likeness (QED) is 0.151. The summed E-state index contributed by atoms with van der Waals surface area (Å²) in [6.45, 7) is 2.66. The van der Waals surface area contributed by atoms with Crippen LogP contribution in [0.1, 0.15) is 36.0 Å². The molecule has 3 atom stereocenters. The molecule has 0 aromatic heterocycles. The summed E-state index contributed by atoms with van der Waals surface area (Å²) in [7, 11) is 0. The molecular formula is C33H33F2IN2O2. The molecule has 0 radical (unpaired) electrons. The van der Waals surface area contributed by atoms with Crippen LogP contribution < -0.4 is 10.6 Å². The molecule has 0 saturated heterocycles. The molecule has 40 heavy (non-hydrogen) atoms. The molecule has 208 valence electrons. The van der Waals surface area contributed by atoms with Crippen molar-refractivity contribution in [2.75, 3.05) is 6.54 Å². The lowest BCUT2D eigenvalue weighted by molar-refractivity contribution is -0.124. The molecule has 0 fully saturated rings. The Kier molecular flexibility index (Phi) is 10.8. The molecule has 4 rings (SSSR count). The van der Waals surface area contributed by atoms with Gasteiger partial charge < -0.3 is 15.7 Å². The highest BCUT2D eigenvalue weighted by atomic mass is 127. The Bertz CT molecular complexity index is 1380. The maximum absolute atomic E-state index is 13.9. The number of hydrogen-bond acceptors (Lipinski definition) is 3. The molecule has 0 aliphatic carbocycles. The average molecular weight is 655 g/mol. The van der Waals surface area contributed by atoms with E-state index in [0.29, 0.717) is 18.5 Å². The van der Waals surface area contributed by atoms with Gasteiger partial charge in [0.15, 0.2) is 0 Å². The smallest absolute Gasteiger partial charge is 0.227 e. The fourth-order valence-electron chi connectivity index (χ4n) is 4.81. The number of halogens is 3. The third-order valence-corrected chi connectivity index (χ3v) is 7.56. The monoisotopic (exact) mass is 654 g/mol. The Morgan fingerprint density at radius 2 is 1.52 bits per heavy atom. The van der Waals surface area contributed by atoms with E-state index in [4.69, 9.17) is 0 Å². The Morgan fingerprint density at radius 1 is 0.850 bits per heavy atom. The van der Waals surface area contributed by atoms with Crippen molar-refractivity contribution in [3.05, 3.63) is 129 Å². The standard InChI is InChI=1S/C33H33F2IN2O2/c1-2-30(26-13-11-25(12-14-26)24-8-4-3-5-9-24)33(40)38-31(18-23-15-27(34)19-28(35)16-23)32(39)21-37-20-22-7-6-10-29(36)17-22/h3-17,19,30-32,37,39H,2,18,20-21H2,1H3,(H,38,40). The minimum atomic E-state index is -0.990. The zero-order valence-corrected chi connectivity index (χ0v) is 24.4. The van der Waals surface area contributed by atoms with Gasteiger partial charge in [-0.1, -0.05) is 73.7 Å². The SMILES string of the molecule is CCC(C(=O)NC(Cc1cc(F)cc(F)c1)C(O)CNCc1cccc(I)c1)c1ccc(-c2ccccc2)cc1. The molecule has 0 bridgehead atoms. The molecule has 0 heterocycles. The number of amides is 1. The topological polar surface area (TPSA) is 61.4 Å². The van der Waals surface area contributed by atoms with E-state index in [1.54, 1.807) is 0 Å². The van der Waals surface area contributed by atoms with Crippen LogP contribution in [0.3, 0.4) is 0 Å². The number of aliphatic hydroxyl groups is 1. The third-order valence-electron chi connectivity index (χ3n) is 6.89. The van der Waals surface area contributed by atoms with E-state index in [-0.39, 0.29) is 18.9 Å². The van der Waals surface area contributed by atoms with Gasteiger partial charge in [-0.25, -0.2) is 8.78 Å². The minimum Gasteiger partial charge on any atom is -0.390 e. The van der Waals surface area contributed by atoms with Crippen molar-refractivity contribution in [1.82, 2.24) is 10.6 Å². The van der Waals surface area contributed by atoms with Gasteiger partial charge >= 0.3 is 0 Å². The van der Waals surface area contributed by atoms with Crippen LogP contribution in [0, 0.1) is 15.2 Å². The van der Waals surface area contributed by atoms with Crippen LogP contribution in [0.25, 0.3) is 11.1 Å². The van der Waals surface area contributed by atoms with E-state index in [2.05, 4.69) is 33.2 Å². The van der Waals surface area contributed by atoms with E-state index >= 15 is 0 Å². The fraction of sp³-hybridized carbons (Fsp3) is 0.242. The number of carbonyl (C=O) groups is 1. The van der Waals surface area contributed by atoms with Crippen LogP contribution in [-0.4, -0.2) is 29.7 Å². The summed E-state index contributed by atoms with van der Waals surface area (Å²) in [6.07, 6.45) is -0.356. The van der Waals surface area contributed by atoms with Gasteiger partial charge in [0, 0.05) is 22.7 Å². The normalized spacial score (nSPS) is 13.4. The zero-order valence-electron chi connectivity index (χ0n) is 22.3. The highest BCUT2D eigenvalue weighted by Crippen LogP contribution is 2.25. The fourth-order valence-corrected chi connectivity index (χ4v) is 5.42. The Balaban J connectivity index is 1.48. The van der Waals surface area contributed by atoms with Gasteiger partial charge in [0.1, 0.15) is 11.6 Å². The lowest BCUT2D eigenvalue weighted by Crippen LogP contribution is -2.49. The molecule has 1 amide bonds. The lowest BCUT2D eigenvalue weighted by atomic mass is 9.92. The summed E-state index contributed by atoms with van der Waals surface area (Å²) in [5.41, 5.74) is 4.44. The molecule has 0 aliphatic rings. The van der Waals surface area contributed by atoms with E-state index in [0.717, 1.165) is 31.9 Å². The van der Waals surface area contributed by atoms with E-state index in [9.17, 15) is 18.7 Å². The first-order valence-electron chi connectivity index (χ1n) is 13.4. The summed E-state index contributed by atoms with van der Waals surface area (Å²) in [5.74, 6) is -2.08. The number of rotatable bonds is 12. The van der Waals surface area contributed by atoms with Crippen LogP contribution in [0.4, 0.5) is 8.78 Å². The van der Waals surface area contributed by atoms with E-state index in [1.807, 2.05) is 85.8 Å². The first kappa shape index (κ1) is 29.8. The molecule has 0 spiro atoms. The minimum absolute atomic E-state index is 0.0792. The van der Waals surface area contributed by atoms with Crippen molar-refractivity contribution >= 4 is 28.5 Å². The van der Waals surface area contributed by atoms with Gasteiger partial charge in [0.25, 0.3) is 0 Å². The maximum atomic E-state index is 13.9. The first-order valence-corrected chi connectivity index (χ1v) is 14.4. The number of nitrogens with one attached hydrogen (secondary N) is 2. The molecule has 7 heteroatoms. The second kappa shape index (κ2) is 14.5. The average Bonchev–Trinajstić information content (AvgIpc) is 2.93. The molecule has 3 unspecified atom stereocenters. The Morgan fingerprint density at radius 3 is 2.17 bits per heavy atom. The van der Waals surface area contributed by atoms with Crippen LogP contribution in [0.15, 0.2) is 97.1 Å². The molecule has 4 aromatic carbocycles. The van der Waals surface area contributed by atoms with Crippen molar-refractivity contribution in [2.24, 2.45) is 0 Å². The van der Waals surface area contributed by atoms with Crippen LogP contribution in [0.5, 0.6) is 0 Å². The van der Waals surface area contributed by atoms with Crippen molar-refractivity contribution < 1.29 is 18.7 Å². The number of benzene rings is 4. The number of aliphatic hydroxyl groups excluding tert-OH is 1. The second-order valence-electron chi connectivity index (χ2n) is 9.87. The molecule has 3 N–H and O–H groups in total. The van der Waals surface area contributed by atoms with Gasteiger partial charge in [0.05, 0.1) is 18.1 Å². The largest absolute Gasteiger partial charge is 0.390 e. The van der Waals surface area contributed by atoms with Crippen molar-refractivity contribution in [1.29, 1.82) is 0 Å².